The minimum absolute atomic E-state index is 0.290. The largest absolute Gasteiger partial charge is 0.442 e. The number of ether oxygens (including phenoxy) is 1. The van der Waals surface area contributed by atoms with Crippen molar-refractivity contribution in [2.45, 2.75) is 5.25 Å². The Morgan fingerprint density at radius 1 is 1.33 bits per heavy atom. The van der Waals surface area contributed by atoms with Gasteiger partial charge in [-0.1, -0.05) is 18.2 Å². The molecule has 100 valence electrons. The summed E-state index contributed by atoms with van der Waals surface area (Å²) in [6.07, 6.45) is -1.26. The van der Waals surface area contributed by atoms with Gasteiger partial charge in [0.2, 0.25) is 0 Å². The first-order chi connectivity index (χ1) is 8.22. The predicted octanol–water partition coefficient (Wildman–Crippen LogP) is 1.72. The number of carbonyl (C=O) groups is 1. The summed E-state index contributed by atoms with van der Waals surface area (Å²) >= 11 is 0. The van der Waals surface area contributed by atoms with E-state index in [9.17, 15) is 22.0 Å². The highest BCUT2D eigenvalue weighted by Gasteiger charge is 2.45. The third-order valence-corrected chi connectivity index (χ3v) is 2.64. The summed E-state index contributed by atoms with van der Waals surface area (Å²) in [5.41, 5.74) is 0.290. The SMILES string of the molecule is O=C(Nc1ccccc1)OCC(F)(F)S(=O)(=O)O. The molecule has 0 heterocycles. The van der Waals surface area contributed by atoms with Gasteiger partial charge in [-0.2, -0.15) is 17.2 Å². The Balaban J connectivity index is 2.53. The number of para-hydroxylation sites is 1. The third-order valence-electron chi connectivity index (χ3n) is 1.77. The Morgan fingerprint density at radius 3 is 2.39 bits per heavy atom. The lowest BCUT2D eigenvalue weighted by Gasteiger charge is -2.13. The summed E-state index contributed by atoms with van der Waals surface area (Å²) in [4.78, 5) is 11.0. The van der Waals surface area contributed by atoms with Crippen LogP contribution in [0.25, 0.3) is 0 Å². The number of amides is 1. The third kappa shape index (κ3) is 3.93. The molecule has 0 atom stereocenters. The number of halogens is 2. The number of rotatable bonds is 4. The summed E-state index contributed by atoms with van der Waals surface area (Å²) in [6.45, 7) is -1.77. The zero-order valence-corrected chi connectivity index (χ0v) is 9.65. The minimum Gasteiger partial charge on any atom is -0.442 e. The number of alkyl halides is 2. The summed E-state index contributed by atoms with van der Waals surface area (Å²) in [5, 5.41) is -2.45. The Labute approximate surface area is 101 Å². The molecule has 1 rings (SSSR count). The number of hydrogen-bond donors (Lipinski definition) is 2. The van der Waals surface area contributed by atoms with E-state index in [-0.39, 0.29) is 5.69 Å². The molecule has 0 saturated carbocycles. The Morgan fingerprint density at radius 2 is 1.89 bits per heavy atom. The zero-order chi connectivity index (χ0) is 13.8. The normalized spacial score (nSPS) is 11.9. The Kier molecular flexibility index (Phi) is 4.19. The van der Waals surface area contributed by atoms with Crippen LogP contribution in [0.1, 0.15) is 0 Å². The van der Waals surface area contributed by atoms with E-state index >= 15 is 0 Å². The number of benzene rings is 1. The highest BCUT2D eigenvalue weighted by molar-refractivity contribution is 7.86. The maximum Gasteiger partial charge on any atom is 0.411 e. The van der Waals surface area contributed by atoms with E-state index in [0.29, 0.717) is 0 Å². The average Bonchev–Trinajstić information content (AvgIpc) is 2.26. The topological polar surface area (TPSA) is 92.7 Å². The maximum atomic E-state index is 12.7. The lowest BCUT2D eigenvalue weighted by molar-refractivity contribution is 0.0112. The molecule has 0 bridgehead atoms. The van der Waals surface area contributed by atoms with E-state index in [1.807, 2.05) is 0 Å². The fourth-order valence-corrected chi connectivity index (χ4v) is 1.11. The van der Waals surface area contributed by atoms with Crippen molar-refractivity contribution in [3.8, 4) is 0 Å². The molecule has 0 aliphatic carbocycles. The first-order valence-corrected chi connectivity index (χ1v) is 6.00. The molecule has 6 nitrogen and oxygen atoms in total. The van der Waals surface area contributed by atoms with Gasteiger partial charge in [-0.15, -0.1) is 0 Å². The fraction of sp³-hybridized carbons (Fsp3) is 0.222. The van der Waals surface area contributed by atoms with Gasteiger partial charge >= 0.3 is 21.5 Å². The molecule has 18 heavy (non-hydrogen) atoms. The standard InChI is InChI=1S/C9H9F2NO5S/c10-9(11,18(14,15)16)6-17-8(13)12-7-4-2-1-3-5-7/h1-5H,6H2,(H,12,13)(H,14,15,16). The molecule has 9 heteroatoms. The van der Waals surface area contributed by atoms with E-state index in [1.54, 1.807) is 18.2 Å². The van der Waals surface area contributed by atoms with Gasteiger partial charge in [-0.05, 0) is 12.1 Å². The average molecular weight is 281 g/mol. The molecule has 1 amide bonds. The van der Waals surface area contributed by atoms with E-state index in [1.165, 1.54) is 12.1 Å². The van der Waals surface area contributed by atoms with Crippen molar-refractivity contribution in [3.63, 3.8) is 0 Å². The van der Waals surface area contributed by atoms with Crippen LogP contribution in [0, 0.1) is 0 Å². The first kappa shape index (κ1) is 14.3. The number of hydrogen-bond acceptors (Lipinski definition) is 4. The first-order valence-electron chi connectivity index (χ1n) is 4.56. The van der Waals surface area contributed by atoms with E-state index in [0.717, 1.165) is 0 Å². The zero-order valence-electron chi connectivity index (χ0n) is 8.84. The highest BCUT2D eigenvalue weighted by atomic mass is 32.2. The van der Waals surface area contributed by atoms with Gasteiger partial charge in [-0.3, -0.25) is 9.87 Å². The molecular weight excluding hydrogens is 272 g/mol. The van der Waals surface area contributed by atoms with Crippen LogP contribution in [0.5, 0.6) is 0 Å². The second-order valence-corrected chi connectivity index (χ2v) is 4.73. The Hall–Kier alpha value is -1.74. The van der Waals surface area contributed by atoms with Crippen molar-refractivity contribution in [2.75, 3.05) is 11.9 Å². The molecule has 0 fully saturated rings. The van der Waals surface area contributed by atoms with Crippen LogP contribution in [0.15, 0.2) is 30.3 Å². The van der Waals surface area contributed by atoms with Crippen molar-refractivity contribution >= 4 is 21.9 Å². The monoisotopic (exact) mass is 281 g/mol. The lowest BCUT2D eigenvalue weighted by Crippen LogP contribution is -2.35. The Bertz CT molecular complexity index is 517. The van der Waals surface area contributed by atoms with Gasteiger partial charge in [0.15, 0.2) is 6.61 Å². The maximum absolute atomic E-state index is 12.7. The van der Waals surface area contributed by atoms with Crippen molar-refractivity contribution in [2.24, 2.45) is 0 Å². The minimum atomic E-state index is -5.61. The molecule has 0 spiro atoms. The van der Waals surface area contributed by atoms with Gasteiger partial charge in [0.05, 0.1) is 0 Å². The fourth-order valence-electron chi connectivity index (χ4n) is 0.899. The van der Waals surface area contributed by atoms with Crippen molar-refractivity contribution in [3.05, 3.63) is 30.3 Å². The van der Waals surface area contributed by atoms with Crippen LogP contribution in [0.3, 0.4) is 0 Å². The van der Waals surface area contributed by atoms with Crippen LogP contribution >= 0.6 is 0 Å². The van der Waals surface area contributed by atoms with Crippen LogP contribution in [0.4, 0.5) is 19.3 Å². The summed E-state index contributed by atoms with van der Waals surface area (Å²) in [6, 6.07) is 7.79. The molecule has 0 radical (unpaired) electrons. The molecule has 0 aliphatic rings. The predicted molar refractivity (Wildman–Crippen MR) is 57.9 cm³/mol. The van der Waals surface area contributed by atoms with Crippen LogP contribution < -0.4 is 5.32 Å². The van der Waals surface area contributed by atoms with Gasteiger partial charge in [-0.25, -0.2) is 4.79 Å². The number of carbonyl (C=O) groups excluding carboxylic acids is 1. The quantitative estimate of drug-likeness (QED) is 0.820. The van der Waals surface area contributed by atoms with Crippen LogP contribution in [-0.2, 0) is 14.9 Å². The molecular formula is C9H9F2NO5S. The molecule has 0 aliphatic heterocycles. The number of nitrogens with one attached hydrogen (secondary N) is 1. The summed E-state index contributed by atoms with van der Waals surface area (Å²) in [5.74, 6) is 0. The second kappa shape index (κ2) is 5.27. The lowest BCUT2D eigenvalue weighted by atomic mass is 10.3. The van der Waals surface area contributed by atoms with Gasteiger partial charge in [0, 0.05) is 5.69 Å². The molecule has 0 saturated heterocycles. The smallest absolute Gasteiger partial charge is 0.411 e. The van der Waals surface area contributed by atoms with Crippen LogP contribution in [0.2, 0.25) is 0 Å². The van der Waals surface area contributed by atoms with Gasteiger partial charge in [0.1, 0.15) is 0 Å². The van der Waals surface area contributed by atoms with Gasteiger partial charge in [0.25, 0.3) is 0 Å². The van der Waals surface area contributed by atoms with Crippen LogP contribution in [-0.4, -0.2) is 30.9 Å². The van der Waals surface area contributed by atoms with E-state index in [4.69, 9.17) is 4.55 Å². The summed E-state index contributed by atoms with van der Waals surface area (Å²) < 4.78 is 58.0. The van der Waals surface area contributed by atoms with Gasteiger partial charge < -0.3 is 4.74 Å². The summed E-state index contributed by atoms with van der Waals surface area (Å²) in [7, 11) is -5.61. The van der Waals surface area contributed by atoms with Crippen molar-refractivity contribution in [1.29, 1.82) is 0 Å². The van der Waals surface area contributed by atoms with E-state index < -0.39 is 28.1 Å². The van der Waals surface area contributed by atoms with Crippen molar-refractivity contribution < 1.29 is 31.3 Å². The molecule has 0 unspecified atom stereocenters. The van der Waals surface area contributed by atoms with Crippen molar-refractivity contribution in [1.82, 2.24) is 0 Å². The molecule has 1 aromatic carbocycles. The molecule has 0 aromatic heterocycles. The van der Waals surface area contributed by atoms with E-state index in [2.05, 4.69) is 10.1 Å². The molecule has 2 N–H and O–H groups in total. The highest BCUT2D eigenvalue weighted by Crippen LogP contribution is 2.20. The molecule has 1 aromatic rings. The number of anilines is 1. The second-order valence-electron chi connectivity index (χ2n) is 3.18.